The predicted octanol–water partition coefficient (Wildman–Crippen LogP) is 2.22. The number of rotatable bonds is 4. The molecule has 0 aromatic carbocycles. The van der Waals surface area contributed by atoms with Gasteiger partial charge in [0.15, 0.2) is 0 Å². The molecule has 88 valence electrons. The minimum Gasteiger partial charge on any atom is -0.477 e. The van der Waals surface area contributed by atoms with Gasteiger partial charge in [-0.25, -0.2) is 4.79 Å². The Hall–Kier alpha value is -1.36. The van der Waals surface area contributed by atoms with Gasteiger partial charge in [-0.3, -0.25) is 4.79 Å². The molecule has 4 nitrogen and oxygen atoms in total. The summed E-state index contributed by atoms with van der Waals surface area (Å²) in [5, 5.41) is 11.6. The van der Waals surface area contributed by atoms with Gasteiger partial charge in [0.2, 0.25) is 0 Å². The van der Waals surface area contributed by atoms with E-state index in [9.17, 15) is 9.59 Å². The molecule has 1 heterocycles. The standard InChI is InChI=1S/C11H15NO3S/c1-6(2)7(3)12-10(13)8-4-5-9(16-8)11(14)15/h4-7H,1-3H3,(H,12,13)(H,14,15). The van der Waals surface area contributed by atoms with Crippen LogP contribution in [0.25, 0.3) is 0 Å². The van der Waals surface area contributed by atoms with Gasteiger partial charge >= 0.3 is 5.97 Å². The number of nitrogens with one attached hydrogen (secondary N) is 1. The predicted molar refractivity (Wildman–Crippen MR) is 63.0 cm³/mol. The molecule has 0 aliphatic heterocycles. The van der Waals surface area contributed by atoms with Crippen molar-refractivity contribution in [3.8, 4) is 0 Å². The van der Waals surface area contributed by atoms with Crippen molar-refractivity contribution in [2.45, 2.75) is 26.8 Å². The van der Waals surface area contributed by atoms with Gasteiger partial charge in [0.1, 0.15) is 4.88 Å². The highest BCUT2D eigenvalue weighted by Gasteiger charge is 2.15. The van der Waals surface area contributed by atoms with E-state index in [0.29, 0.717) is 10.8 Å². The second-order valence-corrected chi connectivity index (χ2v) is 5.06. The number of aromatic carboxylic acids is 1. The molecule has 2 N–H and O–H groups in total. The third-order valence-electron chi connectivity index (χ3n) is 2.40. The molecule has 1 amide bonds. The summed E-state index contributed by atoms with van der Waals surface area (Å²) in [6.45, 7) is 5.96. The van der Waals surface area contributed by atoms with E-state index < -0.39 is 5.97 Å². The molecule has 16 heavy (non-hydrogen) atoms. The average molecular weight is 241 g/mol. The van der Waals surface area contributed by atoms with Crippen molar-refractivity contribution in [3.63, 3.8) is 0 Å². The first-order valence-corrected chi connectivity index (χ1v) is 5.87. The average Bonchev–Trinajstić information content (AvgIpc) is 2.65. The Morgan fingerprint density at radius 3 is 2.25 bits per heavy atom. The van der Waals surface area contributed by atoms with E-state index in [0.717, 1.165) is 11.3 Å². The quantitative estimate of drug-likeness (QED) is 0.849. The highest BCUT2D eigenvalue weighted by molar-refractivity contribution is 7.15. The molecule has 0 aliphatic rings. The second-order valence-electron chi connectivity index (χ2n) is 3.98. The molecule has 0 spiro atoms. The van der Waals surface area contributed by atoms with Gasteiger partial charge in [0.05, 0.1) is 4.88 Å². The van der Waals surface area contributed by atoms with Gasteiger partial charge < -0.3 is 10.4 Å². The van der Waals surface area contributed by atoms with E-state index in [1.54, 1.807) is 0 Å². The molecular weight excluding hydrogens is 226 g/mol. The van der Waals surface area contributed by atoms with Crippen molar-refractivity contribution in [1.29, 1.82) is 0 Å². The molecule has 1 atom stereocenters. The molecule has 1 unspecified atom stereocenters. The van der Waals surface area contributed by atoms with Crippen LogP contribution in [0.3, 0.4) is 0 Å². The fourth-order valence-electron chi connectivity index (χ4n) is 1.02. The third kappa shape index (κ3) is 3.06. The lowest BCUT2D eigenvalue weighted by Gasteiger charge is -2.16. The summed E-state index contributed by atoms with van der Waals surface area (Å²) in [4.78, 5) is 23.0. The normalized spacial score (nSPS) is 12.5. The van der Waals surface area contributed by atoms with Gasteiger partial charge in [-0.1, -0.05) is 13.8 Å². The number of carbonyl (C=O) groups excluding carboxylic acids is 1. The third-order valence-corrected chi connectivity index (χ3v) is 3.47. The van der Waals surface area contributed by atoms with Gasteiger partial charge in [-0.2, -0.15) is 0 Å². The van der Waals surface area contributed by atoms with Crippen LogP contribution in [-0.4, -0.2) is 23.0 Å². The van der Waals surface area contributed by atoms with Crippen LogP contribution in [0.5, 0.6) is 0 Å². The first-order chi connectivity index (χ1) is 7.41. The molecule has 5 heteroatoms. The maximum absolute atomic E-state index is 11.7. The lowest BCUT2D eigenvalue weighted by molar-refractivity contribution is 0.0702. The summed E-state index contributed by atoms with van der Waals surface area (Å²) in [6.07, 6.45) is 0. The Bertz CT molecular complexity index is 398. The van der Waals surface area contributed by atoms with Gasteiger partial charge in [-0.15, -0.1) is 11.3 Å². The van der Waals surface area contributed by atoms with Crippen LogP contribution in [0.4, 0.5) is 0 Å². The molecule has 1 aromatic heterocycles. The number of amides is 1. The number of carboxylic acids is 1. The maximum Gasteiger partial charge on any atom is 0.345 e. The zero-order valence-corrected chi connectivity index (χ0v) is 10.3. The minimum atomic E-state index is -0.999. The molecule has 0 aliphatic carbocycles. The van der Waals surface area contributed by atoms with Crippen molar-refractivity contribution < 1.29 is 14.7 Å². The second kappa shape index (κ2) is 5.12. The Morgan fingerprint density at radius 1 is 1.25 bits per heavy atom. The van der Waals surface area contributed by atoms with Crippen LogP contribution in [-0.2, 0) is 0 Å². The van der Waals surface area contributed by atoms with Crippen molar-refractivity contribution in [2.75, 3.05) is 0 Å². The smallest absolute Gasteiger partial charge is 0.345 e. The fraction of sp³-hybridized carbons (Fsp3) is 0.455. The van der Waals surface area contributed by atoms with Crippen LogP contribution < -0.4 is 5.32 Å². The van der Waals surface area contributed by atoms with Gasteiger partial charge in [0, 0.05) is 6.04 Å². The van der Waals surface area contributed by atoms with Gasteiger partial charge in [0.25, 0.3) is 5.91 Å². The Balaban J connectivity index is 2.70. The molecule has 0 saturated carbocycles. The summed E-state index contributed by atoms with van der Waals surface area (Å²) < 4.78 is 0. The number of thiophene rings is 1. The van der Waals surface area contributed by atoms with Crippen molar-refractivity contribution in [2.24, 2.45) is 5.92 Å². The Morgan fingerprint density at radius 2 is 1.81 bits per heavy atom. The Labute approximate surface area is 98.3 Å². The van der Waals surface area contributed by atoms with Gasteiger partial charge in [-0.05, 0) is 25.0 Å². The molecular formula is C11H15NO3S. The fourth-order valence-corrected chi connectivity index (χ4v) is 1.77. The number of hydrogen-bond donors (Lipinski definition) is 2. The molecule has 1 rings (SSSR count). The minimum absolute atomic E-state index is 0.0721. The monoisotopic (exact) mass is 241 g/mol. The summed E-state index contributed by atoms with van der Waals surface area (Å²) >= 11 is 0.991. The Kier molecular flexibility index (Phi) is 4.06. The van der Waals surface area contributed by atoms with Crippen molar-refractivity contribution in [3.05, 3.63) is 21.9 Å². The molecule has 0 radical (unpaired) electrons. The highest BCUT2D eigenvalue weighted by atomic mass is 32.1. The summed E-state index contributed by atoms with van der Waals surface area (Å²) in [7, 11) is 0. The van der Waals surface area contributed by atoms with Crippen molar-refractivity contribution in [1.82, 2.24) is 5.32 Å². The number of hydrogen-bond acceptors (Lipinski definition) is 3. The van der Waals surface area contributed by atoms with Crippen LogP contribution in [0.15, 0.2) is 12.1 Å². The zero-order valence-electron chi connectivity index (χ0n) is 9.48. The summed E-state index contributed by atoms with van der Waals surface area (Å²) in [6, 6.07) is 3.06. The van der Waals surface area contributed by atoms with E-state index in [-0.39, 0.29) is 16.8 Å². The summed E-state index contributed by atoms with van der Waals surface area (Å²) in [5.41, 5.74) is 0. The van der Waals surface area contributed by atoms with E-state index in [2.05, 4.69) is 5.32 Å². The summed E-state index contributed by atoms with van der Waals surface area (Å²) in [5.74, 6) is -0.859. The van der Waals surface area contributed by atoms with E-state index >= 15 is 0 Å². The molecule has 0 saturated heterocycles. The lowest BCUT2D eigenvalue weighted by atomic mass is 10.1. The first-order valence-electron chi connectivity index (χ1n) is 5.05. The van der Waals surface area contributed by atoms with E-state index in [1.165, 1.54) is 12.1 Å². The molecule has 0 fully saturated rings. The molecule has 1 aromatic rings. The number of carbonyl (C=O) groups is 2. The molecule has 0 bridgehead atoms. The van der Waals surface area contributed by atoms with Crippen LogP contribution in [0.2, 0.25) is 0 Å². The zero-order chi connectivity index (χ0) is 12.3. The SMILES string of the molecule is CC(C)C(C)NC(=O)c1ccc(C(=O)O)s1. The van der Waals surface area contributed by atoms with E-state index in [4.69, 9.17) is 5.11 Å². The number of carboxylic acid groups (broad SMARTS) is 1. The van der Waals surface area contributed by atoms with E-state index in [1.807, 2.05) is 20.8 Å². The van der Waals surface area contributed by atoms with Crippen LogP contribution in [0.1, 0.15) is 40.1 Å². The first kappa shape index (κ1) is 12.7. The largest absolute Gasteiger partial charge is 0.477 e. The lowest BCUT2D eigenvalue weighted by Crippen LogP contribution is -2.35. The maximum atomic E-state index is 11.7. The van der Waals surface area contributed by atoms with Crippen LogP contribution >= 0.6 is 11.3 Å². The van der Waals surface area contributed by atoms with Crippen molar-refractivity contribution >= 4 is 23.2 Å². The van der Waals surface area contributed by atoms with Crippen LogP contribution in [0, 0.1) is 5.92 Å². The topological polar surface area (TPSA) is 66.4 Å². The highest BCUT2D eigenvalue weighted by Crippen LogP contribution is 2.16.